The third-order valence-corrected chi connectivity index (χ3v) is 3.61. The fourth-order valence-corrected chi connectivity index (χ4v) is 2.22. The highest BCUT2D eigenvalue weighted by molar-refractivity contribution is 6.06. The number of nitrogens with zero attached hydrogens (tertiary/aromatic N) is 1. The molecule has 0 aliphatic heterocycles. The SMILES string of the molecule is CC(=O)c1ccc(NC(=O)/C(C#N)=C\NCCc2cccc(F)c2)cc1. The van der Waals surface area contributed by atoms with Gasteiger partial charge < -0.3 is 10.6 Å². The molecule has 2 aromatic rings. The van der Waals surface area contributed by atoms with Gasteiger partial charge in [0.2, 0.25) is 0 Å². The second-order valence-electron chi connectivity index (χ2n) is 5.59. The fraction of sp³-hybridized carbons (Fsp3) is 0.150. The minimum atomic E-state index is -0.554. The van der Waals surface area contributed by atoms with Crippen LogP contribution in [0.4, 0.5) is 10.1 Å². The largest absolute Gasteiger partial charge is 0.389 e. The zero-order valence-corrected chi connectivity index (χ0v) is 14.3. The smallest absolute Gasteiger partial charge is 0.267 e. The third-order valence-electron chi connectivity index (χ3n) is 3.61. The van der Waals surface area contributed by atoms with Gasteiger partial charge >= 0.3 is 0 Å². The van der Waals surface area contributed by atoms with Gasteiger partial charge in [-0.05, 0) is 55.3 Å². The van der Waals surface area contributed by atoms with Crippen LogP contribution < -0.4 is 10.6 Å². The van der Waals surface area contributed by atoms with E-state index < -0.39 is 5.91 Å². The number of hydrogen-bond donors (Lipinski definition) is 2. The van der Waals surface area contributed by atoms with E-state index in [0.29, 0.717) is 24.2 Å². The lowest BCUT2D eigenvalue weighted by atomic mass is 10.1. The Bertz CT molecular complexity index is 867. The molecular weight excluding hydrogens is 333 g/mol. The first-order valence-corrected chi connectivity index (χ1v) is 8.00. The fourth-order valence-electron chi connectivity index (χ4n) is 2.22. The van der Waals surface area contributed by atoms with Crippen LogP contribution >= 0.6 is 0 Å². The third kappa shape index (κ3) is 5.56. The van der Waals surface area contributed by atoms with E-state index in [1.807, 2.05) is 6.07 Å². The molecule has 0 fully saturated rings. The van der Waals surface area contributed by atoms with Crippen LogP contribution in [0.15, 0.2) is 60.3 Å². The van der Waals surface area contributed by atoms with E-state index in [4.69, 9.17) is 5.26 Å². The Hall–Kier alpha value is -3.46. The molecule has 0 saturated carbocycles. The first kappa shape index (κ1) is 18.9. The van der Waals surface area contributed by atoms with Crippen LogP contribution in [-0.2, 0) is 11.2 Å². The molecule has 0 aromatic heterocycles. The number of anilines is 1. The van der Waals surface area contributed by atoms with E-state index in [9.17, 15) is 14.0 Å². The van der Waals surface area contributed by atoms with Gasteiger partial charge in [-0.25, -0.2) is 4.39 Å². The molecule has 0 atom stereocenters. The molecule has 6 heteroatoms. The van der Waals surface area contributed by atoms with Gasteiger partial charge in [0.25, 0.3) is 5.91 Å². The van der Waals surface area contributed by atoms with Gasteiger partial charge in [-0.2, -0.15) is 5.26 Å². The highest BCUT2D eigenvalue weighted by Crippen LogP contribution is 2.11. The summed E-state index contributed by atoms with van der Waals surface area (Å²) in [6.45, 7) is 1.91. The minimum Gasteiger partial charge on any atom is -0.389 e. The Kier molecular flexibility index (Phi) is 6.63. The number of carbonyl (C=O) groups is 2. The highest BCUT2D eigenvalue weighted by Gasteiger charge is 2.09. The van der Waals surface area contributed by atoms with Crippen LogP contribution in [0.3, 0.4) is 0 Å². The van der Waals surface area contributed by atoms with Crippen LogP contribution in [0.5, 0.6) is 0 Å². The lowest BCUT2D eigenvalue weighted by Crippen LogP contribution is -2.18. The molecule has 0 unspecified atom stereocenters. The van der Waals surface area contributed by atoms with Crippen molar-refractivity contribution in [2.75, 3.05) is 11.9 Å². The van der Waals surface area contributed by atoms with E-state index in [-0.39, 0.29) is 17.2 Å². The van der Waals surface area contributed by atoms with Crippen molar-refractivity contribution >= 4 is 17.4 Å². The van der Waals surface area contributed by atoms with Crippen LogP contribution in [0.1, 0.15) is 22.8 Å². The number of Topliss-reactive ketones (excluding diaryl/α,β-unsaturated/α-hetero) is 1. The van der Waals surface area contributed by atoms with Crippen LogP contribution in [0, 0.1) is 17.1 Å². The Balaban J connectivity index is 1.90. The van der Waals surface area contributed by atoms with E-state index in [2.05, 4.69) is 10.6 Å². The van der Waals surface area contributed by atoms with Gasteiger partial charge in [-0.1, -0.05) is 12.1 Å². The summed E-state index contributed by atoms with van der Waals surface area (Å²) in [6, 6.07) is 14.5. The maximum atomic E-state index is 13.1. The number of benzene rings is 2. The minimum absolute atomic E-state index is 0.0667. The average Bonchev–Trinajstić information content (AvgIpc) is 2.62. The number of ketones is 1. The van der Waals surface area contributed by atoms with Crippen molar-refractivity contribution in [2.45, 2.75) is 13.3 Å². The second-order valence-corrected chi connectivity index (χ2v) is 5.59. The molecule has 0 bridgehead atoms. The lowest BCUT2D eigenvalue weighted by molar-refractivity contribution is -0.112. The average molecular weight is 351 g/mol. The molecule has 2 rings (SSSR count). The molecule has 0 spiro atoms. The van der Waals surface area contributed by atoms with Crippen LogP contribution in [-0.4, -0.2) is 18.2 Å². The normalized spacial score (nSPS) is 10.7. The first-order chi connectivity index (χ1) is 12.5. The van der Waals surface area contributed by atoms with E-state index in [1.165, 1.54) is 25.3 Å². The molecule has 0 saturated heterocycles. The summed E-state index contributed by atoms with van der Waals surface area (Å²) in [6.07, 6.45) is 1.89. The van der Waals surface area contributed by atoms with Crippen molar-refractivity contribution in [3.05, 3.63) is 77.2 Å². The summed E-state index contributed by atoms with van der Waals surface area (Å²) in [5, 5.41) is 14.6. The summed E-state index contributed by atoms with van der Waals surface area (Å²) >= 11 is 0. The summed E-state index contributed by atoms with van der Waals surface area (Å²) in [5.41, 5.74) is 1.76. The molecule has 1 amide bonds. The highest BCUT2D eigenvalue weighted by atomic mass is 19.1. The second kappa shape index (κ2) is 9.14. The van der Waals surface area contributed by atoms with Gasteiger partial charge in [-0.3, -0.25) is 9.59 Å². The Morgan fingerprint density at radius 1 is 1.19 bits per heavy atom. The molecule has 5 nitrogen and oxygen atoms in total. The number of halogens is 1. The van der Waals surface area contributed by atoms with E-state index >= 15 is 0 Å². The van der Waals surface area contributed by atoms with Crippen molar-refractivity contribution in [3.8, 4) is 6.07 Å². The number of nitriles is 1. The molecule has 0 heterocycles. The van der Waals surface area contributed by atoms with Gasteiger partial charge in [0.05, 0.1) is 0 Å². The topological polar surface area (TPSA) is 82.0 Å². The maximum absolute atomic E-state index is 13.1. The summed E-state index contributed by atoms with van der Waals surface area (Å²) in [5.74, 6) is -0.921. The standard InChI is InChI=1S/C20H18FN3O2/c1-14(25)16-5-7-19(8-6-16)24-20(26)17(12-22)13-23-10-9-15-3-2-4-18(21)11-15/h2-8,11,13,23H,9-10H2,1H3,(H,24,26)/b17-13-. The van der Waals surface area contributed by atoms with Gasteiger partial charge in [0.15, 0.2) is 5.78 Å². The van der Waals surface area contributed by atoms with Crippen molar-refractivity contribution in [1.82, 2.24) is 5.32 Å². The van der Waals surface area contributed by atoms with Crippen LogP contribution in [0.25, 0.3) is 0 Å². The van der Waals surface area contributed by atoms with Gasteiger partial charge in [0, 0.05) is 24.0 Å². The van der Waals surface area contributed by atoms with Crippen molar-refractivity contribution < 1.29 is 14.0 Å². The Labute approximate surface area is 151 Å². The summed E-state index contributed by atoms with van der Waals surface area (Å²) in [4.78, 5) is 23.3. The predicted molar refractivity (Wildman–Crippen MR) is 96.9 cm³/mol. The first-order valence-electron chi connectivity index (χ1n) is 8.00. The molecule has 26 heavy (non-hydrogen) atoms. The summed E-state index contributed by atoms with van der Waals surface area (Å²) < 4.78 is 13.1. The zero-order chi connectivity index (χ0) is 18.9. The molecule has 2 N–H and O–H groups in total. The molecule has 2 aromatic carbocycles. The number of carbonyl (C=O) groups excluding carboxylic acids is 2. The van der Waals surface area contributed by atoms with Crippen molar-refractivity contribution in [1.29, 1.82) is 5.26 Å². The molecule has 0 aliphatic rings. The zero-order valence-electron chi connectivity index (χ0n) is 14.3. The number of amides is 1. The van der Waals surface area contributed by atoms with E-state index in [0.717, 1.165) is 5.56 Å². The monoisotopic (exact) mass is 351 g/mol. The van der Waals surface area contributed by atoms with Gasteiger partial charge in [0.1, 0.15) is 17.5 Å². The number of rotatable bonds is 7. The number of nitrogens with one attached hydrogen (secondary N) is 2. The van der Waals surface area contributed by atoms with E-state index in [1.54, 1.807) is 36.4 Å². The predicted octanol–water partition coefficient (Wildman–Crippen LogP) is 3.21. The maximum Gasteiger partial charge on any atom is 0.267 e. The quantitative estimate of drug-likeness (QED) is 0.347. The van der Waals surface area contributed by atoms with Crippen molar-refractivity contribution in [3.63, 3.8) is 0 Å². The Morgan fingerprint density at radius 3 is 2.54 bits per heavy atom. The molecule has 0 aliphatic carbocycles. The molecular formula is C20H18FN3O2. The number of hydrogen-bond acceptors (Lipinski definition) is 4. The van der Waals surface area contributed by atoms with Crippen molar-refractivity contribution in [2.24, 2.45) is 0 Å². The van der Waals surface area contributed by atoms with Gasteiger partial charge in [-0.15, -0.1) is 0 Å². The Morgan fingerprint density at radius 2 is 1.92 bits per heavy atom. The summed E-state index contributed by atoms with van der Waals surface area (Å²) in [7, 11) is 0. The molecule has 0 radical (unpaired) electrons. The lowest BCUT2D eigenvalue weighted by Gasteiger charge is -2.06. The van der Waals surface area contributed by atoms with Crippen LogP contribution in [0.2, 0.25) is 0 Å². The molecule has 132 valence electrons.